The molecule has 3 heterocycles. The fourth-order valence-corrected chi connectivity index (χ4v) is 4.15. The lowest BCUT2D eigenvalue weighted by atomic mass is 10.1. The van der Waals surface area contributed by atoms with Gasteiger partial charge in [0.25, 0.3) is 0 Å². The fourth-order valence-electron chi connectivity index (χ4n) is 4.15. The van der Waals surface area contributed by atoms with Crippen LogP contribution in [0.1, 0.15) is 56.8 Å². The van der Waals surface area contributed by atoms with Crippen molar-refractivity contribution in [3.05, 3.63) is 17.5 Å². The van der Waals surface area contributed by atoms with Crippen molar-refractivity contribution in [1.29, 1.82) is 0 Å². The number of nitrogens with zero attached hydrogens (tertiary/aromatic N) is 4. The molecular formula is C22H40IN5O2. The van der Waals surface area contributed by atoms with Crippen LogP contribution in [0.25, 0.3) is 0 Å². The molecule has 1 aromatic rings. The molecule has 1 atom stereocenters. The Hall–Kier alpha value is -0.870. The highest BCUT2D eigenvalue weighted by Gasteiger charge is 2.23. The number of hydrogen-bond donors (Lipinski definition) is 1. The Bertz CT molecular complexity index is 637. The minimum absolute atomic E-state index is 0. The van der Waals surface area contributed by atoms with Gasteiger partial charge in [0.15, 0.2) is 5.96 Å². The molecule has 0 aliphatic carbocycles. The molecular weight excluding hydrogens is 493 g/mol. The summed E-state index contributed by atoms with van der Waals surface area (Å²) < 4.78 is 14.0. The maximum Gasteiger partial charge on any atom is 0.193 e. The smallest absolute Gasteiger partial charge is 0.193 e. The van der Waals surface area contributed by atoms with Gasteiger partial charge < -0.3 is 19.7 Å². The SMILES string of the molecule is CCNC(=NCCCn1nc(C)cc1C)N1CCC(OCC2CCCCO2)CC1.I. The van der Waals surface area contributed by atoms with E-state index in [1.807, 2.05) is 6.92 Å². The lowest BCUT2D eigenvalue weighted by molar-refractivity contribution is -0.0721. The second-order valence-corrected chi connectivity index (χ2v) is 8.25. The first-order valence-electron chi connectivity index (χ1n) is 11.4. The van der Waals surface area contributed by atoms with Gasteiger partial charge in [0.2, 0.25) is 0 Å². The van der Waals surface area contributed by atoms with E-state index in [0.29, 0.717) is 12.2 Å². The first-order valence-corrected chi connectivity index (χ1v) is 11.4. The van der Waals surface area contributed by atoms with Gasteiger partial charge in [-0.15, -0.1) is 24.0 Å². The summed E-state index contributed by atoms with van der Waals surface area (Å²) >= 11 is 0. The van der Waals surface area contributed by atoms with Crippen LogP contribution in [0.5, 0.6) is 0 Å². The molecule has 172 valence electrons. The Morgan fingerprint density at radius 3 is 2.70 bits per heavy atom. The largest absolute Gasteiger partial charge is 0.376 e. The molecule has 0 spiro atoms. The average Bonchev–Trinajstić information content (AvgIpc) is 3.07. The number of halogens is 1. The lowest BCUT2D eigenvalue weighted by Crippen LogP contribution is -2.47. The summed E-state index contributed by atoms with van der Waals surface area (Å²) in [6.45, 7) is 12.6. The summed E-state index contributed by atoms with van der Waals surface area (Å²) in [4.78, 5) is 7.24. The Kier molecular flexibility index (Phi) is 11.4. The van der Waals surface area contributed by atoms with E-state index in [9.17, 15) is 0 Å². The molecule has 8 heteroatoms. The van der Waals surface area contributed by atoms with Gasteiger partial charge in [-0.1, -0.05) is 0 Å². The highest BCUT2D eigenvalue weighted by molar-refractivity contribution is 14.0. The second kappa shape index (κ2) is 13.5. The third-order valence-corrected chi connectivity index (χ3v) is 5.76. The number of aryl methyl sites for hydroxylation is 3. The molecule has 0 radical (unpaired) electrons. The van der Waals surface area contributed by atoms with Crippen LogP contribution in [0, 0.1) is 13.8 Å². The van der Waals surface area contributed by atoms with Crippen molar-refractivity contribution in [1.82, 2.24) is 20.0 Å². The molecule has 7 nitrogen and oxygen atoms in total. The predicted molar refractivity (Wildman–Crippen MR) is 132 cm³/mol. The molecule has 1 unspecified atom stereocenters. The minimum atomic E-state index is 0. The quantitative estimate of drug-likeness (QED) is 0.240. The van der Waals surface area contributed by atoms with Crippen molar-refractivity contribution < 1.29 is 9.47 Å². The highest BCUT2D eigenvalue weighted by Crippen LogP contribution is 2.18. The van der Waals surface area contributed by atoms with Crippen LogP contribution in [0.4, 0.5) is 0 Å². The normalized spacial score (nSPS) is 20.8. The molecule has 1 N–H and O–H groups in total. The topological polar surface area (TPSA) is 63.9 Å². The summed E-state index contributed by atoms with van der Waals surface area (Å²) in [5.74, 6) is 1.04. The average molecular weight is 533 g/mol. The summed E-state index contributed by atoms with van der Waals surface area (Å²) in [5.41, 5.74) is 2.30. The van der Waals surface area contributed by atoms with Crippen LogP contribution in [0.15, 0.2) is 11.1 Å². The third kappa shape index (κ3) is 8.00. The Labute approximate surface area is 199 Å². The summed E-state index contributed by atoms with van der Waals surface area (Å²) in [5, 5.41) is 7.99. The highest BCUT2D eigenvalue weighted by atomic mass is 127. The van der Waals surface area contributed by atoms with Crippen LogP contribution >= 0.6 is 24.0 Å². The lowest BCUT2D eigenvalue weighted by Gasteiger charge is -2.35. The van der Waals surface area contributed by atoms with Crippen LogP contribution in [-0.2, 0) is 16.0 Å². The van der Waals surface area contributed by atoms with E-state index in [4.69, 9.17) is 14.5 Å². The zero-order valence-electron chi connectivity index (χ0n) is 18.9. The molecule has 2 saturated heterocycles. The Morgan fingerprint density at radius 1 is 1.27 bits per heavy atom. The molecule has 0 amide bonds. The van der Waals surface area contributed by atoms with E-state index in [1.54, 1.807) is 0 Å². The van der Waals surface area contributed by atoms with Gasteiger partial charge in [0.1, 0.15) is 0 Å². The van der Waals surface area contributed by atoms with Crippen LogP contribution in [0.2, 0.25) is 0 Å². The molecule has 30 heavy (non-hydrogen) atoms. The number of guanidine groups is 1. The number of piperidine rings is 1. The van der Waals surface area contributed by atoms with Crippen molar-refractivity contribution >= 4 is 29.9 Å². The number of aliphatic imine (C=N–C) groups is 1. The third-order valence-electron chi connectivity index (χ3n) is 5.76. The molecule has 2 aliphatic rings. The van der Waals surface area contributed by atoms with E-state index >= 15 is 0 Å². The van der Waals surface area contributed by atoms with Crippen molar-refractivity contribution in [2.75, 3.05) is 39.4 Å². The molecule has 2 aliphatic heterocycles. The van der Waals surface area contributed by atoms with Gasteiger partial charge in [0.05, 0.1) is 24.5 Å². The van der Waals surface area contributed by atoms with Gasteiger partial charge in [-0.3, -0.25) is 9.67 Å². The second-order valence-electron chi connectivity index (χ2n) is 8.25. The molecule has 2 fully saturated rings. The van der Waals surface area contributed by atoms with Crippen molar-refractivity contribution in [2.24, 2.45) is 4.99 Å². The van der Waals surface area contributed by atoms with Gasteiger partial charge in [0, 0.05) is 45.0 Å². The van der Waals surface area contributed by atoms with Crippen LogP contribution in [-0.4, -0.2) is 72.2 Å². The number of nitrogens with one attached hydrogen (secondary N) is 1. The Balaban J connectivity index is 0.00000320. The monoisotopic (exact) mass is 533 g/mol. The minimum Gasteiger partial charge on any atom is -0.376 e. The predicted octanol–water partition coefficient (Wildman–Crippen LogP) is 3.52. The number of hydrogen-bond acceptors (Lipinski definition) is 4. The van der Waals surface area contributed by atoms with E-state index < -0.39 is 0 Å². The zero-order chi connectivity index (χ0) is 20.5. The number of ether oxygens (including phenoxy) is 2. The van der Waals surface area contributed by atoms with Gasteiger partial charge in [-0.25, -0.2) is 0 Å². The number of aromatic nitrogens is 2. The first kappa shape index (κ1) is 25.4. The standard InChI is InChI=1S/C22H39N5O2.HI/c1-4-23-22(24-11-7-12-27-19(3)16-18(2)25-27)26-13-9-20(10-14-26)29-17-21-8-5-6-15-28-21;/h16,20-21H,4-15,17H2,1-3H3,(H,23,24);1H. The molecule has 0 bridgehead atoms. The van der Waals surface area contributed by atoms with Crippen LogP contribution in [0.3, 0.4) is 0 Å². The van der Waals surface area contributed by atoms with Gasteiger partial charge in [-0.2, -0.15) is 5.10 Å². The zero-order valence-corrected chi connectivity index (χ0v) is 21.3. The van der Waals surface area contributed by atoms with E-state index in [1.165, 1.54) is 18.5 Å². The van der Waals surface area contributed by atoms with Crippen LogP contribution < -0.4 is 5.32 Å². The Morgan fingerprint density at radius 2 is 2.07 bits per heavy atom. The summed E-state index contributed by atoms with van der Waals surface area (Å²) in [6, 6.07) is 2.12. The van der Waals surface area contributed by atoms with Crippen molar-refractivity contribution in [3.63, 3.8) is 0 Å². The summed E-state index contributed by atoms with van der Waals surface area (Å²) in [7, 11) is 0. The van der Waals surface area contributed by atoms with E-state index in [-0.39, 0.29) is 24.0 Å². The van der Waals surface area contributed by atoms with Gasteiger partial charge >= 0.3 is 0 Å². The van der Waals surface area contributed by atoms with Crippen molar-refractivity contribution in [3.8, 4) is 0 Å². The molecule has 3 rings (SSSR count). The molecule has 0 saturated carbocycles. The number of rotatable bonds is 8. The van der Waals surface area contributed by atoms with Gasteiger partial charge in [-0.05, 0) is 65.4 Å². The molecule has 1 aromatic heterocycles. The first-order chi connectivity index (χ1) is 14.2. The maximum atomic E-state index is 6.15. The maximum absolute atomic E-state index is 6.15. The van der Waals surface area contributed by atoms with E-state index in [2.05, 4.69) is 39.9 Å². The fraction of sp³-hybridized carbons (Fsp3) is 0.818. The molecule has 0 aromatic carbocycles. The summed E-state index contributed by atoms with van der Waals surface area (Å²) in [6.07, 6.45) is 7.39. The number of likely N-dealkylation sites (tertiary alicyclic amines) is 1. The van der Waals surface area contributed by atoms with E-state index in [0.717, 1.165) is 83.3 Å². The van der Waals surface area contributed by atoms with Crippen molar-refractivity contribution in [2.45, 2.75) is 78.0 Å².